The van der Waals surface area contributed by atoms with Crippen LogP contribution in [0.4, 0.5) is 5.82 Å². The van der Waals surface area contributed by atoms with Crippen molar-refractivity contribution >= 4 is 34.2 Å². The van der Waals surface area contributed by atoms with E-state index < -0.39 is 0 Å². The molecule has 0 aliphatic heterocycles. The number of nitrogens with two attached hydrogens (primary N) is 1. The van der Waals surface area contributed by atoms with E-state index in [2.05, 4.69) is 20.9 Å². The van der Waals surface area contributed by atoms with Crippen LogP contribution in [-0.4, -0.2) is 10.1 Å². The third-order valence-electron chi connectivity index (χ3n) is 1.27. The number of aromatic nitrogens is 1. The molecular formula is C6H8BrClN2O. The number of hydrogen-bond acceptors (Lipinski definition) is 3. The average Bonchev–Trinajstić information content (AvgIpc) is 1.93. The molecule has 0 atom stereocenters. The van der Waals surface area contributed by atoms with E-state index in [4.69, 9.17) is 10.8 Å². The van der Waals surface area contributed by atoms with Gasteiger partial charge in [-0.15, -0.1) is 12.4 Å². The highest BCUT2D eigenvalue weighted by molar-refractivity contribution is 9.10. The Kier molecular flexibility index (Phi) is 3.62. The van der Waals surface area contributed by atoms with Gasteiger partial charge in [-0.25, -0.2) is 4.98 Å². The number of hydrogen-bond donors (Lipinski definition) is 2. The van der Waals surface area contributed by atoms with E-state index >= 15 is 0 Å². The molecule has 62 valence electrons. The lowest BCUT2D eigenvalue weighted by Gasteiger charge is -2.01. The topological polar surface area (TPSA) is 59.1 Å². The fraction of sp³-hybridized carbons (Fsp3) is 0.167. The van der Waals surface area contributed by atoms with Gasteiger partial charge in [-0.3, -0.25) is 0 Å². The molecule has 0 spiro atoms. The van der Waals surface area contributed by atoms with Crippen LogP contribution >= 0.6 is 28.3 Å². The van der Waals surface area contributed by atoms with Crippen LogP contribution in [0.15, 0.2) is 10.7 Å². The second-order valence-corrected chi connectivity index (χ2v) is 2.82. The van der Waals surface area contributed by atoms with E-state index in [9.17, 15) is 0 Å². The van der Waals surface area contributed by atoms with Crippen LogP contribution in [-0.2, 0) is 0 Å². The Morgan fingerprint density at radius 1 is 1.64 bits per heavy atom. The van der Waals surface area contributed by atoms with E-state index in [1.807, 2.05) is 0 Å². The largest absolute Gasteiger partial charge is 0.504 e. The number of aromatic hydroxyl groups is 1. The van der Waals surface area contributed by atoms with Crippen LogP contribution in [0.2, 0.25) is 0 Å². The summed E-state index contributed by atoms with van der Waals surface area (Å²) in [6.45, 7) is 1.76. The monoisotopic (exact) mass is 238 g/mol. The quantitative estimate of drug-likeness (QED) is 0.726. The summed E-state index contributed by atoms with van der Waals surface area (Å²) in [5.41, 5.74) is 6.02. The fourth-order valence-corrected chi connectivity index (χ4v) is 0.880. The summed E-state index contributed by atoms with van der Waals surface area (Å²) < 4.78 is 0.763. The summed E-state index contributed by atoms with van der Waals surface area (Å²) >= 11 is 3.20. The molecule has 0 fully saturated rings. The summed E-state index contributed by atoms with van der Waals surface area (Å²) in [6, 6.07) is 0. The van der Waals surface area contributed by atoms with E-state index in [0.717, 1.165) is 4.47 Å². The summed E-state index contributed by atoms with van der Waals surface area (Å²) in [5.74, 6) is 0.218. The van der Waals surface area contributed by atoms with Gasteiger partial charge in [0.15, 0.2) is 11.6 Å². The molecule has 5 heteroatoms. The predicted molar refractivity (Wildman–Crippen MR) is 50.0 cm³/mol. The van der Waals surface area contributed by atoms with Crippen molar-refractivity contribution in [3.05, 3.63) is 16.2 Å². The lowest BCUT2D eigenvalue weighted by Crippen LogP contribution is -1.92. The van der Waals surface area contributed by atoms with Crippen molar-refractivity contribution in [3.8, 4) is 5.75 Å². The smallest absolute Gasteiger partial charge is 0.166 e. The molecule has 0 aromatic carbocycles. The normalized spacial score (nSPS) is 8.91. The Hall–Kier alpha value is -0.480. The fourth-order valence-electron chi connectivity index (χ4n) is 0.589. The first-order valence-electron chi connectivity index (χ1n) is 2.72. The lowest BCUT2D eigenvalue weighted by atomic mass is 10.3. The molecule has 0 saturated heterocycles. The molecule has 0 bridgehead atoms. The van der Waals surface area contributed by atoms with Crippen molar-refractivity contribution in [2.75, 3.05) is 5.73 Å². The highest BCUT2D eigenvalue weighted by Crippen LogP contribution is 2.27. The summed E-state index contributed by atoms with van der Waals surface area (Å²) in [7, 11) is 0. The second kappa shape index (κ2) is 3.78. The molecule has 1 rings (SSSR count). The molecule has 0 aliphatic carbocycles. The number of nitrogens with zero attached hydrogens (tertiary/aromatic N) is 1. The van der Waals surface area contributed by atoms with E-state index in [1.54, 1.807) is 13.1 Å². The summed E-state index contributed by atoms with van der Waals surface area (Å²) in [5, 5.41) is 9.17. The molecule has 3 nitrogen and oxygen atoms in total. The Balaban J connectivity index is 0.000001000. The van der Waals surface area contributed by atoms with Crippen molar-refractivity contribution < 1.29 is 5.11 Å². The molecule has 0 aliphatic rings. The highest BCUT2D eigenvalue weighted by atomic mass is 79.9. The van der Waals surface area contributed by atoms with Crippen LogP contribution in [0.25, 0.3) is 0 Å². The molecule has 3 N–H and O–H groups in total. The summed E-state index contributed by atoms with van der Waals surface area (Å²) in [4.78, 5) is 3.72. The first kappa shape index (κ1) is 10.5. The van der Waals surface area contributed by atoms with E-state index in [0.29, 0.717) is 5.56 Å². The number of rotatable bonds is 0. The van der Waals surface area contributed by atoms with Crippen LogP contribution in [0, 0.1) is 6.92 Å². The van der Waals surface area contributed by atoms with Gasteiger partial charge in [-0.1, -0.05) is 0 Å². The number of anilines is 1. The third-order valence-corrected chi connectivity index (χ3v) is 2.07. The number of pyridine rings is 1. The molecule has 0 saturated carbocycles. The minimum atomic E-state index is 0. The zero-order chi connectivity index (χ0) is 7.72. The second-order valence-electron chi connectivity index (χ2n) is 1.96. The zero-order valence-electron chi connectivity index (χ0n) is 5.84. The van der Waals surface area contributed by atoms with Crippen LogP contribution in [0.1, 0.15) is 5.56 Å². The molecule has 1 heterocycles. The van der Waals surface area contributed by atoms with Crippen LogP contribution in [0.3, 0.4) is 0 Å². The van der Waals surface area contributed by atoms with Crippen molar-refractivity contribution in [3.63, 3.8) is 0 Å². The van der Waals surface area contributed by atoms with E-state index in [1.165, 1.54) is 0 Å². The van der Waals surface area contributed by atoms with Crippen molar-refractivity contribution in [1.82, 2.24) is 4.98 Å². The van der Waals surface area contributed by atoms with Gasteiger partial charge in [0.25, 0.3) is 0 Å². The maximum absolute atomic E-state index is 9.17. The maximum atomic E-state index is 9.17. The van der Waals surface area contributed by atoms with Gasteiger partial charge in [0.1, 0.15) is 0 Å². The van der Waals surface area contributed by atoms with Crippen molar-refractivity contribution in [2.45, 2.75) is 6.92 Å². The molecule has 11 heavy (non-hydrogen) atoms. The van der Waals surface area contributed by atoms with Gasteiger partial charge < -0.3 is 10.8 Å². The number of halogens is 2. The Morgan fingerprint density at radius 3 is 2.64 bits per heavy atom. The highest BCUT2D eigenvalue weighted by Gasteiger charge is 2.04. The Morgan fingerprint density at radius 2 is 2.18 bits per heavy atom. The minimum Gasteiger partial charge on any atom is -0.504 e. The van der Waals surface area contributed by atoms with Gasteiger partial charge in [0, 0.05) is 16.2 Å². The standard InChI is InChI=1S/C6H7BrN2O.ClH/c1-3-4(7)2-9-6(8)5(3)10;/h2,10H,1H3,(H2,8,9);1H. The van der Waals surface area contributed by atoms with Crippen LogP contribution in [0.5, 0.6) is 5.75 Å². The van der Waals surface area contributed by atoms with Gasteiger partial charge >= 0.3 is 0 Å². The molecule has 0 amide bonds. The Bertz CT molecular complexity index is 240. The first-order chi connectivity index (χ1) is 4.63. The maximum Gasteiger partial charge on any atom is 0.166 e. The van der Waals surface area contributed by atoms with Gasteiger partial charge in [0.2, 0.25) is 0 Å². The van der Waals surface area contributed by atoms with E-state index in [-0.39, 0.29) is 24.0 Å². The first-order valence-corrected chi connectivity index (χ1v) is 3.51. The zero-order valence-corrected chi connectivity index (χ0v) is 8.24. The van der Waals surface area contributed by atoms with Gasteiger partial charge in [-0.05, 0) is 22.9 Å². The lowest BCUT2D eigenvalue weighted by molar-refractivity contribution is 0.471. The predicted octanol–water partition coefficient (Wildman–Crippen LogP) is 1.86. The third kappa shape index (κ3) is 1.97. The molecule has 0 radical (unpaired) electrons. The molecule has 1 aromatic rings. The van der Waals surface area contributed by atoms with Crippen molar-refractivity contribution in [1.29, 1.82) is 0 Å². The average molecular weight is 240 g/mol. The van der Waals surface area contributed by atoms with Crippen LogP contribution < -0.4 is 5.73 Å². The molecule has 0 unspecified atom stereocenters. The van der Waals surface area contributed by atoms with Gasteiger partial charge in [0.05, 0.1) is 0 Å². The summed E-state index contributed by atoms with van der Waals surface area (Å²) in [6.07, 6.45) is 1.56. The minimum absolute atomic E-state index is 0. The molecule has 1 aromatic heterocycles. The molecular weight excluding hydrogens is 231 g/mol. The SMILES string of the molecule is Cc1c(Br)cnc(N)c1O.Cl. The van der Waals surface area contributed by atoms with Gasteiger partial charge in [-0.2, -0.15) is 0 Å². The van der Waals surface area contributed by atoms with Crippen molar-refractivity contribution in [2.24, 2.45) is 0 Å². The number of nitrogen functional groups attached to an aromatic ring is 1. The Labute approximate surface area is 79.2 Å².